The lowest BCUT2D eigenvalue weighted by Gasteiger charge is -2.02. The number of nitrogens with zero attached hydrogens (tertiary/aromatic N) is 6. The highest BCUT2D eigenvalue weighted by Gasteiger charge is 2.10. The van der Waals surface area contributed by atoms with Crippen LogP contribution in [0.3, 0.4) is 0 Å². The van der Waals surface area contributed by atoms with Gasteiger partial charge in [-0.2, -0.15) is 0 Å². The van der Waals surface area contributed by atoms with Crippen LogP contribution >= 0.6 is 0 Å². The minimum absolute atomic E-state index is 0.717. The maximum absolute atomic E-state index is 4.40. The molecule has 0 bridgehead atoms. The summed E-state index contributed by atoms with van der Waals surface area (Å²) in [6.07, 6.45) is 5.06. The Balaban J connectivity index is 2.09. The van der Waals surface area contributed by atoms with Gasteiger partial charge in [0, 0.05) is 5.69 Å². The Labute approximate surface area is 102 Å². The smallest absolute Gasteiger partial charge is 0.191 e. The molecule has 6 nitrogen and oxygen atoms in total. The molecule has 0 N–H and O–H groups in total. The van der Waals surface area contributed by atoms with Crippen molar-refractivity contribution in [1.29, 1.82) is 0 Å². The molecule has 6 heteroatoms. The molecule has 3 heterocycles. The van der Waals surface area contributed by atoms with Crippen LogP contribution in [-0.2, 0) is 0 Å². The van der Waals surface area contributed by atoms with E-state index in [4.69, 9.17) is 0 Å². The van der Waals surface area contributed by atoms with Crippen LogP contribution in [-0.4, -0.2) is 29.1 Å². The molecule has 4 aromatic rings. The topological polar surface area (TPSA) is 60.9 Å². The van der Waals surface area contributed by atoms with E-state index in [0.717, 1.165) is 22.5 Å². The number of hydrogen-bond donors (Lipinski definition) is 0. The SMILES string of the molecule is c1ccc(-n2cnc3c2ncn2cnnc32)cc1. The number of hydrogen-bond acceptors (Lipinski definition) is 4. The molecule has 0 aliphatic rings. The van der Waals surface area contributed by atoms with Gasteiger partial charge >= 0.3 is 0 Å². The monoisotopic (exact) mass is 236 g/mol. The summed E-state index contributed by atoms with van der Waals surface area (Å²) in [5, 5.41) is 7.91. The van der Waals surface area contributed by atoms with Crippen molar-refractivity contribution in [2.75, 3.05) is 0 Å². The number of imidazole rings is 1. The highest BCUT2D eigenvalue weighted by molar-refractivity contribution is 5.85. The molecule has 86 valence electrons. The summed E-state index contributed by atoms with van der Waals surface area (Å²) in [6.45, 7) is 0. The van der Waals surface area contributed by atoms with Gasteiger partial charge < -0.3 is 0 Å². The first-order valence-electron chi connectivity index (χ1n) is 5.50. The fraction of sp³-hybridized carbons (Fsp3) is 0. The zero-order chi connectivity index (χ0) is 11.9. The molecule has 1 aromatic carbocycles. The number of rotatable bonds is 1. The van der Waals surface area contributed by atoms with Gasteiger partial charge in [-0.05, 0) is 12.1 Å². The lowest BCUT2D eigenvalue weighted by atomic mass is 10.3. The van der Waals surface area contributed by atoms with Gasteiger partial charge in [0.05, 0.1) is 0 Å². The summed E-state index contributed by atoms with van der Waals surface area (Å²) in [6, 6.07) is 9.97. The minimum atomic E-state index is 0.717. The number of para-hydroxylation sites is 1. The van der Waals surface area contributed by atoms with E-state index >= 15 is 0 Å². The summed E-state index contributed by atoms with van der Waals surface area (Å²) in [5.41, 5.74) is 3.27. The molecule has 4 rings (SSSR count). The third-order valence-electron chi connectivity index (χ3n) is 2.87. The quantitative estimate of drug-likeness (QED) is 0.502. The first kappa shape index (κ1) is 9.29. The molecule has 0 atom stereocenters. The average molecular weight is 236 g/mol. The molecular formula is C12H8N6. The van der Waals surface area contributed by atoms with Crippen LogP contribution in [0.25, 0.3) is 22.5 Å². The van der Waals surface area contributed by atoms with E-state index in [1.807, 2.05) is 34.9 Å². The first-order chi connectivity index (χ1) is 8.93. The highest BCUT2D eigenvalue weighted by Crippen LogP contribution is 2.18. The van der Waals surface area contributed by atoms with Crippen molar-refractivity contribution in [3.05, 3.63) is 49.3 Å². The van der Waals surface area contributed by atoms with Crippen LogP contribution in [0.1, 0.15) is 0 Å². The molecule has 0 radical (unpaired) electrons. The van der Waals surface area contributed by atoms with E-state index in [0.29, 0.717) is 0 Å². The molecule has 0 amide bonds. The van der Waals surface area contributed by atoms with Crippen LogP contribution in [0.2, 0.25) is 0 Å². The predicted molar refractivity (Wildman–Crippen MR) is 65.4 cm³/mol. The second-order valence-electron chi connectivity index (χ2n) is 3.93. The number of benzene rings is 1. The number of aromatic nitrogens is 6. The fourth-order valence-corrected chi connectivity index (χ4v) is 2.01. The normalized spacial score (nSPS) is 11.3. The van der Waals surface area contributed by atoms with Gasteiger partial charge in [-0.3, -0.25) is 8.97 Å². The lowest BCUT2D eigenvalue weighted by molar-refractivity contribution is 1.04. The van der Waals surface area contributed by atoms with Crippen molar-refractivity contribution >= 4 is 16.8 Å². The van der Waals surface area contributed by atoms with Gasteiger partial charge in [0.1, 0.15) is 19.0 Å². The Morgan fingerprint density at radius 2 is 1.72 bits per heavy atom. The molecule has 0 fully saturated rings. The van der Waals surface area contributed by atoms with Crippen molar-refractivity contribution in [2.24, 2.45) is 0 Å². The van der Waals surface area contributed by atoms with Gasteiger partial charge in [0.15, 0.2) is 16.8 Å². The minimum Gasteiger partial charge on any atom is -0.283 e. The molecule has 18 heavy (non-hydrogen) atoms. The van der Waals surface area contributed by atoms with E-state index in [-0.39, 0.29) is 0 Å². The van der Waals surface area contributed by atoms with Crippen molar-refractivity contribution in [1.82, 2.24) is 29.1 Å². The Bertz CT molecular complexity index is 829. The van der Waals surface area contributed by atoms with E-state index in [9.17, 15) is 0 Å². The van der Waals surface area contributed by atoms with Crippen LogP contribution in [0.15, 0.2) is 49.3 Å². The van der Waals surface area contributed by atoms with Crippen LogP contribution in [0.5, 0.6) is 0 Å². The molecule has 0 saturated heterocycles. The Hall–Kier alpha value is -2.76. The van der Waals surface area contributed by atoms with E-state index < -0.39 is 0 Å². The van der Waals surface area contributed by atoms with E-state index in [2.05, 4.69) is 20.2 Å². The highest BCUT2D eigenvalue weighted by atomic mass is 15.3. The van der Waals surface area contributed by atoms with Crippen LogP contribution in [0.4, 0.5) is 0 Å². The van der Waals surface area contributed by atoms with Gasteiger partial charge in [0.25, 0.3) is 0 Å². The molecule has 0 aliphatic heterocycles. The van der Waals surface area contributed by atoms with Crippen molar-refractivity contribution in [3.63, 3.8) is 0 Å². The second kappa shape index (κ2) is 3.36. The standard InChI is InChI=1S/C12H8N6/c1-2-4-9(5-3-1)18-7-13-10-11(18)14-6-17-8-15-16-12(10)17/h1-8H. The second-order valence-corrected chi connectivity index (χ2v) is 3.93. The third-order valence-corrected chi connectivity index (χ3v) is 2.87. The van der Waals surface area contributed by atoms with Gasteiger partial charge in [0.2, 0.25) is 0 Å². The van der Waals surface area contributed by atoms with Crippen molar-refractivity contribution in [3.8, 4) is 5.69 Å². The first-order valence-corrected chi connectivity index (χ1v) is 5.50. The van der Waals surface area contributed by atoms with Crippen LogP contribution in [0, 0.1) is 0 Å². The largest absolute Gasteiger partial charge is 0.283 e. The molecule has 0 spiro atoms. The molecule has 0 unspecified atom stereocenters. The molecular weight excluding hydrogens is 228 g/mol. The Morgan fingerprint density at radius 3 is 2.61 bits per heavy atom. The maximum atomic E-state index is 4.40. The molecule has 0 aliphatic carbocycles. The Kier molecular flexibility index (Phi) is 1.74. The van der Waals surface area contributed by atoms with Gasteiger partial charge in [-0.25, -0.2) is 9.97 Å². The summed E-state index contributed by atoms with van der Waals surface area (Å²) in [7, 11) is 0. The van der Waals surface area contributed by atoms with E-state index in [1.54, 1.807) is 23.4 Å². The van der Waals surface area contributed by atoms with Crippen molar-refractivity contribution < 1.29 is 0 Å². The Morgan fingerprint density at radius 1 is 0.833 bits per heavy atom. The van der Waals surface area contributed by atoms with Gasteiger partial charge in [-0.15, -0.1) is 10.2 Å². The predicted octanol–water partition coefficient (Wildman–Crippen LogP) is 1.46. The van der Waals surface area contributed by atoms with Crippen molar-refractivity contribution in [2.45, 2.75) is 0 Å². The summed E-state index contributed by atoms with van der Waals surface area (Å²) < 4.78 is 3.69. The molecule has 3 aromatic heterocycles. The van der Waals surface area contributed by atoms with Crippen LogP contribution < -0.4 is 0 Å². The zero-order valence-corrected chi connectivity index (χ0v) is 9.30. The van der Waals surface area contributed by atoms with E-state index in [1.165, 1.54) is 0 Å². The zero-order valence-electron chi connectivity index (χ0n) is 9.30. The van der Waals surface area contributed by atoms with Gasteiger partial charge in [-0.1, -0.05) is 18.2 Å². The summed E-state index contributed by atoms with van der Waals surface area (Å²) in [5.74, 6) is 0. The summed E-state index contributed by atoms with van der Waals surface area (Å²) in [4.78, 5) is 8.77. The fourth-order valence-electron chi connectivity index (χ4n) is 2.01. The average Bonchev–Trinajstić information content (AvgIpc) is 3.05. The summed E-state index contributed by atoms with van der Waals surface area (Å²) >= 11 is 0. The number of fused-ring (bicyclic) bond motifs is 3. The molecule has 0 saturated carbocycles. The maximum Gasteiger partial charge on any atom is 0.191 e. The lowest BCUT2D eigenvalue weighted by Crippen LogP contribution is -1.95. The third kappa shape index (κ3) is 1.17.